The van der Waals surface area contributed by atoms with Gasteiger partial charge in [0.05, 0.1) is 14.1 Å². The predicted molar refractivity (Wildman–Crippen MR) is 96.9 cm³/mol. The molecule has 0 amide bonds. The van der Waals surface area contributed by atoms with Gasteiger partial charge in [0.25, 0.3) is 0 Å². The van der Waals surface area contributed by atoms with E-state index in [0.717, 1.165) is 18.1 Å². The summed E-state index contributed by atoms with van der Waals surface area (Å²) >= 11 is 0. The van der Waals surface area contributed by atoms with Crippen molar-refractivity contribution in [2.75, 3.05) is 14.1 Å². The highest BCUT2D eigenvalue weighted by Crippen LogP contribution is 2.17. The fourth-order valence-corrected chi connectivity index (χ4v) is 2.44. The van der Waals surface area contributed by atoms with Gasteiger partial charge < -0.3 is 22.0 Å². The predicted octanol–water partition coefficient (Wildman–Crippen LogP) is 0.681. The third-order valence-corrected chi connectivity index (χ3v) is 4.18. The molecule has 0 aliphatic heterocycles. The molecular formula is C20H36ClNO2. The van der Waals surface area contributed by atoms with Crippen molar-refractivity contribution in [2.24, 2.45) is 5.92 Å². The molecule has 2 unspecified atom stereocenters. The van der Waals surface area contributed by atoms with E-state index in [4.69, 9.17) is 9.47 Å². The fourth-order valence-electron chi connectivity index (χ4n) is 2.44. The zero-order chi connectivity index (χ0) is 17.2. The highest BCUT2D eigenvalue weighted by Gasteiger charge is 2.14. The highest BCUT2D eigenvalue weighted by molar-refractivity contribution is 5.27. The number of ether oxygens (including phenoxy) is 2. The second kappa shape index (κ2) is 12.6. The van der Waals surface area contributed by atoms with Gasteiger partial charge in [0, 0.05) is 6.92 Å². The number of rotatable bonds is 11. The number of nitrogens with one attached hydrogen (secondary N) is 1. The molecule has 0 aromatic heterocycles. The summed E-state index contributed by atoms with van der Waals surface area (Å²) in [7, 11) is 4.15. The minimum absolute atomic E-state index is 0. The lowest BCUT2D eigenvalue weighted by molar-refractivity contribution is -0.910. The van der Waals surface area contributed by atoms with Crippen LogP contribution in [0.15, 0.2) is 24.3 Å². The molecule has 0 spiro atoms. The summed E-state index contributed by atoms with van der Waals surface area (Å²) in [6, 6.07) is 8.45. The average Bonchev–Trinajstić information content (AvgIpc) is 2.48. The van der Waals surface area contributed by atoms with Gasteiger partial charge in [-0.15, -0.1) is 0 Å². The fraction of sp³-hybridized carbons (Fsp3) is 0.700. The maximum Gasteiger partial charge on any atom is 0.202 e. The van der Waals surface area contributed by atoms with E-state index in [1.165, 1.54) is 36.1 Å². The normalized spacial score (nSPS) is 13.7. The Morgan fingerprint density at radius 2 is 1.54 bits per heavy atom. The maximum absolute atomic E-state index is 5.82. The highest BCUT2D eigenvalue weighted by atomic mass is 35.5. The number of quaternary nitrogens is 1. The molecule has 0 bridgehead atoms. The van der Waals surface area contributed by atoms with E-state index in [0.29, 0.717) is 0 Å². The maximum atomic E-state index is 5.82. The molecule has 140 valence electrons. The molecule has 24 heavy (non-hydrogen) atoms. The van der Waals surface area contributed by atoms with Gasteiger partial charge in [-0.1, -0.05) is 45.2 Å². The first kappa shape index (κ1) is 23.2. The van der Waals surface area contributed by atoms with Gasteiger partial charge in [-0.2, -0.15) is 0 Å². The van der Waals surface area contributed by atoms with Crippen molar-refractivity contribution in [3.8, 4) is 5.75 Å². The first-order chi connectivity index (χ1) is 10.9. The molecule has 1 rings (SSSR count). The Balaban J connectivity index is 0.00000529. The quantitative estimate of drug-likeness (QED) is 0.465. The summed E-state index contributed by atoms with van der Waals surface area (Å²) in [5.41, 5.74) is 1.39. The Hall–Kier alpha value is -0.770. The number of hydrogen-bond donors (Lipinski definition) is 1. The molecule has 1 aromatic carbocycles. The molecule has 0 saturated carbocycles. The average molecular weight is 358 g/mol. The molecule has 3 nitrogen and oxygen atoms in total. The van der Waals surface area contributed by atoms with Crippen LogP contribution in [0, 0.1) is 5.92 Å². The second-order valence-electron chi connectivity index (χ2n) is 7.18. The molecule has 0 heterocycles. The van der Waals surface area contributed by atoms with Crippen LogP contribution in [-0.2, 0) is 11.2 Å². The smallest absolute Gasteiger partial charge is 0.202 e. The lowest BCUT2D eigenvalue weighted by Gasteiger charge is -2.22. The van der Waals surface area contributed by atoms with Crippen molar-refractivity contribution in [3.05, 3.63) is 29.8 Å². The minimum Gasteiger partial charge on any atom is -1.00 e. The Kier molecular flexibility index (Phi) is 12.2. The van der Waals surface area contributed by atoms with Gasteiger partial charge in [-0.25, -0.2) is 0 Å². The molecule has 0 radical (unpaired) electrons. The Morgan fingerprint density at radius 1 is 0.917 bits per heavy atom. The van der Waals surface area contributed by atoms with Crippen LogP contribution in [0.1, 0.15) is 58.9 Å². The van der Waals surface area contributed by atoms with E-state index >= 15 is 0 Å². The Bertz CT molecular complexity index is 420. The summed E-state index contributed by atoms with van der Waals surface area (Å²) in [6.45, 7) is 8.59. The van der Waals surface area contributed by atoms with Gasteiger partial charge in [0.2, 0.25) is 6.29 Å². The molecule has 0 fully saturated rings. The molecule has 0 aliphatic carbocycles. The van der Waals surface area contributed by atoms with Crippen molar-refractivity contribution in [1.29, 1.82) is 0 Å². The molecular weight excluding hydrogens is 322 g/mol. The number of aryl methyl sites for hydroxylation is 1. The van der Waals surface area contributed by atoms with Crippen LogP contribution in [0.5, 0.6) is 5.75 Å². The van der Waals surface area contributed by atoms with Crippen molar-refractivity contribution in [2.45, 2.75) is 72.3 Å². The summed E-state index contributed by atoms with van der Waals surface area (Å²) in [5.74, 6) is 1.70. The van der Waals surface area contributed by atoms with Crippen LogP contribution in [0.3, 0.4) is 0 Å². The van der Waals surface area contributed by atoms with Crippen molar-refractivity contribution < 1.29 is 26.8 Å². The zero-order valence-electron chi connectivity index (χ0n) is 16.3. The van der Waals surface area contributed by atoms with E-state index in [2.05, 4.69) is 59.1 Å². The lowest BCUT2D eigenvalue weighted by atomic mass is 10.0. The molecule has 0 aliphatic rings. The van der Waals surface area contributed by atoms with E-state index in [1.807, 2.05) is 6.92 Å². The summed E-state index contributed by atoms with van der Waals surface area (Å²) < 4.78 is 11.6. The number of hydrogen-bond acceptors (Lipinski definition) is 2. The molecule has 0 saturated heterocycles. The van der Waals surface area contributed by atoms with E-state index < -0.39 is 0 Å². The third-order valence-electron chi connectivity index (χ3n) is 4.18. The van der Waals surface area contributed by atoms with Gasteiger partial charge >= 0.3 is 0 Å². The standard InChI is InChI=1S/C20H35NO2.ClH/c1-16(2)10-8-7-9-11-19-12-14-20(15-13-19)23-18(4)22-17(3)21(5)6;/h12-18H,7-11H2,1-6H3;1H. The Morgan fingerprint density at radius 3 is 2.08 bits per heavy atom. The molecule has 2 atom stereocenters. The number of halogens is 1. The first-order valence-electron chi connectivity index (χ1n) is 9.09. The Labute approximate surface area is 155 Å². The number of unbranched alkanes of at least 4 members (excludes halogenated alkanes) is 2. The van der Waals surface area contributed by atoms with Crippen LogP contribution in [0.25, 0.3) is 0 Å². The first-order valence-corrected chi connectivity index (χ1v) is 9.09. The van der Waals surface area contributed by atoms with Gasteiger partial charge in [0.1, 0.15) is 5.75 Å². The van der Waals surface area contributed by atoms with Crippen molar-refractivity contribution >= 4 is 0 Å². The molecule has 1 aromatic rings. The molecule has 1 N–H and O–H groups in total. The second-order valence-corrected chi connectivity index (χ2v) is 7.18. The topological polar surface area (TPSA) is 22.9 Å². The van der Waals surface area contributed by atoms with Crippen LogP contribution in [0.2, 0.25) is 0 Å². The van der Waals surface area contributed by atoms with Crippen LogP contribution < -0.4 is 22.0 Å². The molecule has 4 heteroatoms. The summed E-state index contributed by atoms with van der Waals surface area (Å²) in [4.78, 5) is 1.26. The largest absolute Gasteiger partial charge is 1.00 e. The van der Waals surface area contributed by atoms with Gasteiger partial charge in [-0.3, -0.25) is 4.74 Å². The summed E-state index contributed by atoms with van der Waals surface area (Å²) in [6.07, 6.45) is 6.34. The van der Waals surface area contributed by atoms with E-state index in [-0.39, 0.29) is 24.9 Å². The van der Waals surface area contributed by atoms with Crippen molar-refractivity contribution in [3.63, 3.8) is 0 Å². The van der Waals surface area contributed by atoms with E-state index in [9.17, 15) is 0 Å². The monoisotopic (exact) mass is 357 g/mol. The number of benzene rings is 1. The van der Waals surface area contributed by atoms with Gasteiger partial charge in [0.15, 0.2) is 6.23 Å². The van der Waals surface area contributed by atoms with Crippen LogP contribution in [-0.4, -0.2) is 26.6 Å². The van der Waals surface area contributed by atoms with Crippen LogP contribution >= 0.6 is 0 Å². The van der Waals surface area contributed by atoms with Crippen molar-refractivity contribution in [1.82, 2.24) is 0 Å². The summed E-state index contributed by atoms with van der Waals surface area (Å²) in [5, 5.41) is 0. The SMILES string of the molecule is CC(C)CCCCCc1ccc(OC(C)OC(C)[NH+](C)C)cc1.[Cl-]. The third kappa shape index (κ3) is 10.2. The zero-order valence-corrected chi connectivity index (χ0v) is 17.0. The minimum atomic E-state index is -0.234. The van der Waals surface area contributed by atoms with E-state index in [1.54, 1.807) is 0 Å². The lowest BCUT2D eigenvalue weighted by Crippen LogP contribution is -3.10. The van der Waals surface area contributed by atoms with Gasteiger partial charge in [-0.05, 0) is 43.4 Å². The van der Waals surface area contributed by atoms with Crippen LogP contribution in [0.4, 0.5) is 0 Å².